The molecule has 2 N–H and O–H groups in total. The highest BCUT2D eigenvalue weighted by molar-refractivity contribution is 7.91. The van der Waals surface area contributed by atoms with Gasteiger partial charge in [-0.3, -0.25) is 0 Å². The molecule has 0 amide bonds. The topological polar surface area (TPSA) is 96.4 Å². The number of carboxylic acids is 1. The van der Waals surface area contributed by atoms with E-state index in [-0.39, 0.29) is 23.2 Å². The summed E-state index contributed by atoms with van der Waals surface area (Å²) in [5.41, 5.74) is 0.634. The zero-order valence-electron chi connectivity index (χ0n) is 9.67. The first-order valence-electron chi connectivity index (χ1n) is 5.62. The summed E-state index contributed by atoms with van der Waals surface area (Å²) in [6, 6.07) is 3.19. The van der Waals surface area contributed by atoms with E-state index in [2.05, 4.69) is 10.3 Å². The number of carbonyl (C=O) groups is 1. The molecular formula is C11H14N2O4S. The Morgan fingerprint density at radius 3 is 2.67 bits per heavy atom. The Hall–Kier alpha value is -1.63. The lowest BCUT2D eigenvalue weighted by molar-refractivity contribution is 0.0690. The van der Waals surface area contributed by atoms with Gasteiger partial charge in [0.25, 0.3) is 0 Å². The van der Waals surface area contributed by atoms with Crippen molar-refractivity contribution in [1.29, 1.82) is 0 Å². The first-order valence-corrected chi connectivity index (χ1v) is 7.45. The smallest absolute Gasteiger partial charge is 0.354 e. The number of carboxylic acid groups (broad SMARTS) is 1. The molecule has 0 bridgehead atoms. The maximum Gasteiger partial charge on any atom is 0.354 e. The molecule has 1 aliphatic heterocycles. The van der Waals surface area contributed by atoms with Crippen LogP contribution in [-0.2, 0) is 9.84 Å². The van der Waals surface area contributed by atoms with Gasteiger partial charge < -0.3 is 10.4 Å². The minimum absolute atomic E-state index is 0.0246. The maximum atomic E-state index is 11.3. The second-order valence-corrected chi connectivity index (χ2v) is 6.61. The molecule has 2 heterocycles. The molecule has 0 unspecified atom stereocenters. The third-order valence-corrected chi connectivity index (χ3v) is 4.62. The zero-order valence-corrected chi connectivity index (χ0v) is 10.5. The lowest BCUT2D eigenvalue weighted by atomic mass is 10.1. The number of hydrogen-bond acceptors (Lipinski definition) is 5. The summed E-state index contributed by atoms with van der Waals surface area (Å²) in [5.74, 6) is -0.715. The third kappa shape index (κ3) is 3.19. The SMILES string of the molecule is O=C(O)c1cc(NC2CCS(=O)(=O)CC2)ccn1. The Labute approximate surface area is 105 Å². The average Bonchev–Trinajstić information content (AvgIpc) is 2.32. The van der Waals surface area contributed by atoms with Crippen LogP contribution in [0.4, 0.5) is 5.69 Å². The van der Waals surface area contributed by atoms with Crippen molar-refractivity contribution in [3.63, 3.8) is 0 Å². The van der Waals surface area contributed by atoms with Crippen molar-refractivity contribution in [2.45, 2.75) is 18.9 Å². The molecule has 0 aliphatic carbocycles. The van der Waals surface area contributed by atoms with Crippen LogP contribution in [0, 0.1) is 0 Å². The molecular weight excluding hydrogens is 256 g/mol. The van der Waals surface area contributed by atoms with Gasteiger partial charge >= 0.3 is 5.97 Å². The quantitative estimate of drug-likeness (QED) is 0.842. The Morgan fingerprint density at radius 1 is 1.39 bits per heavy atom. The summed E-state index contributed by atoms with van der Waals surface area (Å²) in [7, 11) is -2.88. The van der Waals surface area contributed by atoms with Gasteiger partial charge in [-0.25, -0.2) is 18.2 Å². The number of rotatable bonds is 3. The van der Waals surface area contributed by atoms with E-state index in [0.29, 0.717) is 18.5 Å². The minimum atomic E-state index is -2.88. The summed E-state index contributed by atoms with van der Waals surface area (Å²) >= 11 is 0. The maximum absolute atomic E-state index is 11.3. The second kappa shape index (κ2) is 4.93. The van der Waals surface area contributed by atoms with Crippen LogP contribution in [0.3, 0.4) is 0 Å². The van der Waals surface area contributed by atoms with Crippen molar-refractivity contribution in [2.75, 3.05) is 16.8 Å². The van der Waals surface area contributed by atoms with E-state index in [4.69, 9.17) is 5.11 Å². The fourth-order valence-electron chi connectivity index (χ4n) is 1.91. The van der Waals surface area contributed by atoms with E-state index >= 15 is 0 Å². The first kappa shape index (κ1) is 12.8. The van der Waals surface area contributed by atoms with Crippen molar-refractivity contribution in [3.05, 3.63) is 24.0 Å². The number of anilines is 1. The van der Waals surface area contributed by atoms with E-state index in [1.165, 1.54) is 12.3 Å². The number of nitrogens with zero attached hydrogens (tertiary/aromatic N) is 1. The Balaban J connectivity index is 2.02. The fourth-order valence-corrected chi connectivity index (χ4v) is 3.40. The van der Waals surface area contributed by atoms with Crippen LogP contribution in [0.2, 0.25) is 0 Å². The molecule has 1 aromatic heterocycles. The van der Waals surface area contributed by atoms with E-state index in [1.54, 1.807) is 6.07 Å². The van der Waals surface area contributed by atoms with Gasteiger partial charge in [-0.1, -0.05) is 0 Å². The predicted molar refractivity (Wildman–Crippen MR) is 66.5 cm³/mol. The van der Waals surface area contributed by atoms with Crippen LogP contribution in [0.15, 0.2) is 18.3 Å². The van der Waals surface area contributed by atoms with Gasteiger partial charge in [0.1, 0.15) is 15.5 Å². The molecule has 0 radical (unpaired) electrons. The molecule has 6 nitrogen and oxygen atoms in total. The molecule has 18 heavy (non-hydrogen) atoms. The van der Waals surface area contributed by atoms with E-state index in [1.807, 2.05) is 0 Å². The van der Waals surface area contributed by atoms with Crippen LogP contribution in [-0.4, -0.2) is 42.0 Å². The summed E-state index contributed by atoms with van der Waals surface area (Å²) in [6.45, 7) is 0. The van der Waals surface area contributed by atoms with Gasteiger partial charge in [0, 0.05) is 17.9 Å². The number of sulfone groups is 1. The molecule has 7 heteroatoms. The molecule has 1 saturated heterocycles. The first-order chi connectivity index (χ1) is 8.46. The lowest BCUT2D eigenvalue weighted by Crippen LogP contribution is -2.32. The van der Waals surface area contributed by atoms with Gasteiger partial charge in [-0.2, -0.15) is 0 Å². The molecule has 0 atom stereocenters. The molecule has 1 aliphatic rings. The largest absolute Gasteiger partial charge is 0.477 e. The molecule has 1 fully saturated rings. The molecule has 2 rings (SSSR count). The van der Waals surface area contributed by atoms with Gasteiger partial charge in [-0.05, 0) is 25.0 Å². The van der Waals surface area contributed by atoms with Gasteiger partial charge in [0.15, 0.2) is 0 Å². The normalized spacial score (nSPS) is 19.3. The van der Waals surface area contributed by atoms with Crippen molar-refractivity contribution < 1.29 is 18.3 Å². The fraction of sp³-hybridized carbons (Fsp3) is 0.455. The number of pyridine rings is 1. The molecule has 1 aromatic rings. The number of aromatic carboxylic acids is 1. The summed E-state index contributed by atoms with van der Waals surface area (Å²) in [5, 5.41) is 12.0. The Bertz CT molecular complexity index is 542. The van der Waals surface area contributed by atoms with Gasteiger partial charge in [0.05, 0.1) is 11.5 Å². The summed E-state index contributed by atoms with van der Waals surface area (Å²) in [6.07, 6.45) is 2.52. The Kier molecular flexibility index (Phi) is 3.51. The predicted octanol–water partition coefficient (Wildman–Crippen LogP) is 0.769. The number of aromatic nitrogens is 1. The second-order valence-electron chi connectivity index (χ2n) is 4.31. The van der Waals surface area contributed by atoms with Crippen LogP contribution in [0.5, 0.6) is 0 Å². The number of nitrogens with one attached hydrogen (secondary N) is 1. The molecule has 0 spiro atoms. The monoisotopic (exact) mass is 270 g/mol. The van der Waals surface area contributed by atoms with Crippen LogP contribution in [0.1, 0.15) is 23.3 Å². The lowest BCUT2D eigenvalue weighted by Gasteiger charge is -2.24. The van der Waals surface area contributed by atoms with Crippen LogP contribution in [0.25, 0.3) is 0 Å². The summed E-state index contributed by atoms with van der Waals surface area (Å²) < 4.78 is 22.6. The minimum Gasteiger partial charge on any atom is -0.477 e. The zero-order chi connectivity index (χ0) is 13.2. The van der Waals surface area contributed by atoms with E-state index in [9.17, 15) is 13.2 Å². The van der Waals surface area contributed by atoms with E-state index < -0.39 is 15.8 Å². The Morgan fingerprint density at radius 2 is 2.06 bits per heavy atom. The summed E-state index contributed by atoms with van der Waals surface area (Å²) in [4.78, 5) is 14.5. The number of hydrogen-bond donors (Lipinski definition) is 2. The van der Waals surface area contributed by atoms with Crippen molar-refractivity contribution in [2.24, 2.45) is 0 Å². The van der Waals surface area contributed by atoms with E-state index in [0.717, 1.165) is 0 Å². The molecule has 98 valence electrons. The highest BCUT2D eigenvalue weighted by atomic mass is 32.2. The standard InChI is InChI=1S/C11H14N2O4S/c14-11(15)10-7-9(1-4-12-10)13-8-2-5-18(16,17)6-3-8/h1,4,7-8H,2-3,5-6H2,(H,12,13)(H,14,15). The van der Waals surface area contributed by atoms with Crippen LogP contribution >= 0.6 is 0 Å². The van der Waals surface area contributed by atoms with Crippen LogP contribution < -0.4 is 5.32 Å². The van der Waals surface area contributed by atoms with Gasteiger partial charge in [-0.15, -0.1) is 0 Å². The molecule has 0 saturated carbocycles. The van der Waals surface area contributed by atoms with Crippen molar-refractivity contribution in [1.82, 2.24) is 4.98 Å². The molecule has 0 aromatic carbocycles. The van der Waals surface area contributed by atoms with Gasteiger partial charge in [0.2, 0.25) is 0 Å². The van der Waals surface area contributed by atoms with Crippen molar-refractivity contribution in [3.8, 4) is 0 Å². The highest BCUT2D eigenvalue weighted by Gasteiger charge is 2.23. The highest BCUT2D eigenvalue weighted by Crippen LogP contribution is 2.18. The average molecular weight is 270 g/mol. The third-order valence-electron chi connectivity index (χ3n) is 2.90. The van der Waals surface area contributed by atoms with Crippen molar-refractivity contribution >= 4 is 21.5 Å².